The van der Waals surface area contributed by atoms with Gasteiger partial charge in [0.2, 0.25) is 0 Å². The highest BCUT2D eigenvalue weighted by molar-refractivity contribution is 6.10. The van der Waals surface area contributed by atoms with E-state index in [1.807, 2.05) is 37.3 Å². The third-order valence-electron chi connectivity index (χ3n) is 4.77. The van der Waals surface area contributed by atoms with E-state index in [9.17, 15) is 9.90 Å². The molecule has 1 N–H and O–H groups in total. The largest absolute Gasteiger partial charge is 0.493 e. The summed E-state index contributed by atoms with van der Waals surface area (Å²) in [5.41, 5.74) is 3.32. The maximum Gasteiger partial charge on any atom is 0.342 e. The number of aliphatic hydroxyl groups is 1. The molecule has 0 unspecified atom stereocenters. The molecule has 0 saturated carbocycles. The summed E-state index contributed by atoms with van der Waals surface area (Å²) in [6.07, 6.45) is 4.41. The molecule has 5 heteroatoms. The van der Waals surface area contributed by atoms with E-state index in [0.29, 0.717) is 40.2 Å². The van der Waals surface area contributed by atoms with Gasteiger partial charge in [0, 0.05) is 10.9 Å². The molecule has 1 heterocycles. The summed E-state index contributed by atoms with van der Waals surface area (Å²) >= 11 is 0. The minimum Gasteiger partial charge on any atom is -0.493 e. The van der Waals surface area contributed by atoms with Gasteiger partial charge in [0.05, 0.1) is 20.3 Å². The van der Waals surface area contributed by atoms with Gasteiger partial charge in [-0.1, -0.05) is 35.9 Å². The van der Waals surface area contributed by atoms with Crippen LogP contribution in [0.15, 0.2) is 53.5 Å². The van der Waals surface area contributed by atoms with Gasteiger partial charge in [-0.25, -0.2) is 4.79 Å². The number of carbonyl (C=O) groups excluding carboxylic acids is 1. The maximum atomic E-state index is 13.0. The summed E-state index contributed by atoms with van der Waals surface area (Å²) in [7, 11) is 1.53. The van der Waals surface area contributed by atoms with Crippen LogP contribution in [0, 0.1) is 6.92 Å². The highest BCUT2D eigenvalue weighted by atomic mass is 16.5. The Kier molecular flexibility index (Phi) is 6.73. The van der Waals surface area contributed by atoms with Gasteiger partial charge in [-0.05, 0) is 43.9 Å². The first-order chi connectivity index (χ1) is 14.1. The molecular weight excluding hydrogens is 368 g/mol. The normalized spacial score (nSPS) is 10.9. The zero-order valence-electron chi connectivity index (χ0n) is 16.9. The van der Waals surface area contributed by atoms with Crippen molar-refractivity contribution < 1.29 is 23.8 Å². The van der Waals surface area contributed by atoms with Crippen molar-refractivity contribution in [1.82, 2.24) is 0 Å². The van der Waals surface area contributed by atoms with Crippen molar-refractivity contribution in [2.45, 2.75) is 32.8 Å². The number of carbonyl (C=O) groups is 1. The van der Waals surface area contributed by atoms with Crippen molar-refractivity contribution in [1.29, 1.82) is 0 Å². The first-order valence-corrected chi connectivity index (χ1v) is 9.68. The van der Waals surface area contributed by atoms with Gasteiger partial charge >= 0.3 is 5.97 Å². The van der Waals surface area contributed by atoms with Gasteiger partial charge in [0.25, 0.3) is 0 Å². The zero-order valence-corrected chi connectivity index (χ0v) is 16.9. The van der Waals surface area contributed by atoms with Gasteiger partial charge in [0.15, 0.2) is 11.3 Å². The molecule has 0 bridgehead atoms. The molecule has 3 rings (SSSR count). The second-order valence-corrected chi connectivity index (χ2v) is 6.93. The zero-order chi connectivity index (χ0) is 20.8. The van der Waals surface area contributed by atoms with E-state index in [2.05, 4.69) is 6.58 Å². The number of benzene rings is 2. The Morgan fingerprint density at radius 3 is 2.62 bits per heavy atom. The van der Waals surface area contributed by atoms with E-state index in [1.54, 1.807) is 12.1 Å². The second-order valence-electron chi connectivity index (χ2n) is 6.93. The number of aryl methyl sites for hydroxylation is 1. The molecule has 0 fully saturated rings. The predicted molar refractivity (Wildman–Crippen MR) is 113 cm³/mol. The van der Waals surface area contributed by atoms with Crippen molar-refractivity contribution >= 4 is 16.9 Å². The van der Waals surface area contributed by atoms with E-state index in [-0.39, 0.29) is 6.61 Å². The number of esters is 1. The number of methoxy groups -OCH3 is 1. The van der Waals surface area contributed by atoms with Gasteiger partial charge in [-0.3, -0.25) is 0 Å². The average molecular weight is 394 g/mol. The lowest BCUT2D eigenvalue weighted by Gasteiger charge is -2.06. The number of furan rings is 1. The van der Waals surface area contributed by atoms with E-state index in [1.165, 1.54) is 7.11 Å². The van der Waals surface area contributed by atoms with Gasteiger partial charge in [-0.2, -0.15) is 0 Å². The molecule has 0 aliphatic carbocycles. The Hall–Kier alpha value is -3.05. The fourth-order valence-corrected chi connectivity index (χ4v) is 3.21. The molecular formula is C24H26O5. The Labute approximate surface area is 170 Å². The molecule has 0 aliphatic heterocycles. The fourth-order valence-electron chi connectivity index (χ4n) is 3.21. The van der Waals surface area contributed by atoms with Crippen LogP contribution in [0.2, 0.25) is 0 Å². The van der Waals surface area contributed by atoms with Crippen molar-refractivity contribution in [3.8, 4) is 17.1 Å². The van der Waals surface area contributed by atoms with Crippen LogP contribution < -0.4 is 4.74 Å². The number of fused-ring (bicyclic) bond motifs is 1. The third kappa shape index (κ3) is 4.51. The molecule has 0 aliphatic rings. The van der Waals surface area contributed by atoms with E-state index >= 15 is 0 Å². The topological polar surface area (TPSA) is 68.9 Å². The van der Waals surface area contributed by atoms with Crippen LogP contribution in [0.3, 0.4) is 0 Å². The Morgan fingerprint density at radius 1 is 1.21 bits per heavy atom. The van der Waals surface area contributed by atoms with Crippen LogP contribution >= 0.6 is 0 Å². The number of hydrogen-bond donors (Lipinski definition) is 1. The summed E-state index contributed by atoms with van der Waals surface area (Å²) < 4.78 is 17.1. The molecule has 0 atom stereocenters. The highest BCUT2D eigenvalue weighted by Crippen LogP contribution is 2.39. The van der Waals surface area contributed by atoms with E-state index in [0.717, 1.165) is 30.4 Å². The molecule has 2 aromatic carbocycles. The molecule has 0 spiro atoms. The molecule has 0 saturated heterocycles. The summed E-state index contributed by atoms with van der Waals surface area (Å²) in [6.45, 7) is 5.85. The quantitative estimate of drug-likeness (QED) is 0.298. The minimum absolute atomic E-state index is 0.173. The number of hydrogen-bond acceptors (Lipinski definition) is 5. The lowest BCUT2D eigenvalue weighted by atomic mass is 10.0. The van der Waals surface area contributed by atoms with Crippen molar-refractivity contribution in [2.24, 2.45) is 0 Å². The Bertz CT molecular complexity index is 998. The van der Waals surface area contributed by atoms with Crippen LogP contribution in [-0.2, 0) is 11.3 Å². The number of allylic oxidation sites excluding steroid dienone is 1. The number of unbranched alkanes of at least 4 members (excludes halogenated alkanes) is 2. The Balaban J connectivity index is 2.07. The highest BCUT2D eigenvalue weighted by Gasteiger charge is 2.26. The predicted octanol–water partition coefficient (Wildman–Crippen LogP) is 5.42. The standard InChI is InChI=1S/C24H26O5/c1-4-5-6-7-12-28-24(26)21-19-13-17(15-25)14-20(27-3)23(19)29-22(21)18-10-8-16(2)9-11-18/h4,8-11,13-14,25H,1,5-7,12,15H2,2-3H3. The summed E-state index contributed by atoms with van der Waals surface area (Å²) in [6, 6.07) is 11.2. The summed E-state index contributed by atoms with van der Waals surface area (Å²) in [4.78, 5) is 13.0. The van der Waals surface area contributed by atoms with E-state index < -0.39 is 5.97 Å². The second kappa shape index (κ2) is 9.43. The summed E-state index contributed by atoms with van der Waals surface area (Å²) in [5.74, 6) is 0.449. The van der Waals surface area contributed by atoms with Gasteiger partial charge < -0.3 is 19.0 Å². The molecule has 0 radical (unpaired) electrons. The maximum absolute atomic E-state index is 13.0. The average Bonchev–Trinajstić information content (AvgIpc) is 3.12. The lowest BCUT2D eigenvalue weighted by molar-refractivity contribution is 0.0501. The third-order valence-corrected chi connectivity index (χ3v) is 4.77. The van der Waals surface area contributed by atoms with Crippen LogP contribution in [-0.4, -0.2) is 24.8 Å². The molecule has 0 amide bonds. The Morgan fingerprint density at radius 2 is 1.97 bits per heavy atom. The smallest absolute Gasteiger partial charge is 0.342 e. The minimum atomic E-state index is -0.449. The molecule has 152 valence electrons. The SMILES string of the molecule is C=CCCCCOC(=O)c1c(-c2ccc(C)cc2)oc2c(OC)cc(CO)cc12. The van der Waals surface area contributed by atoms with Crippen LogP contribution in [0.1, 0.15) is 40.7 Å². The molecule has 29 heavy (non-hydrogen) atoms. The molecule has 5 nitrogen and oxygen atoms in total. The van der Waals surface area contributed by atoms with Crippen LogP contribution in [0.4, 0.5) is 0 Å². The first kappa shape index (κ1) is 20.7. The number of ether oxygens (including phenoxy) is 2. The van der Waals surface area contributed by atoms with Crippen molar-refractivity contribution in [3.05, 3.63) is 65.7 Å². The monoisotopic (exact) mass is 394 g/mol. The van der Waals surface area contributed by atoms with Crippen LogP contribution in [0.5, 0.6) is 5.75 Å². The number of rotatable bonds is 9. The fraction of sp³-hybridized carbons (Fsp3) is 0.292. The molecule has 1 aromatic heterocycles. The summed E-state index contributed by atoms with van der Waals surface area (Å²) in [5, 5.41) is 10.2. The molecule has 3 aromatic rings. The van der Waals surface area contributed by atoms with Gasteiger partial charge in [-0.15, -0.1) is 6.58 Å². The number of aliphatic hydroxyl groups excluding tert-OH is 1. The lowest BCUT2D eigenvalue weighted by Crippen LogP contribution is -2.07. The van der Waals surface area contributed by atoms with Gasteiger partial charge in [0.1, 0.15) is 11.3 Å². The van der Waals surface area contributed by atoms with Crippen molar-refractivity contribution in [3.63, 3.8) is 0 Å². The van der Waals surface area contributed by atoms with E-state index in [4.69, 9.17) is 13.9 Å². The first-order valence-electron chi connectivity index (χ1n) is 9.68. The van der Waals surface area contributed by atoms with Crippen molar-refractivity contribution in [2.75, 3.05) is 13.7 Å². The van der Waals surface area contributed by atoms with Crippen LogP contribution in [0.25, 0.3) is 22.3 Å².